The molecular weight excluding hydrogens is 791 g/mol. The lowest BCUT2D eigenvalue weighted by atomic mass is 9.87. The highest BCUT2D eigenvalue weighted by Crippen LogP contribution is 2.45. The van der Waals surface area contributed by atoms with Crippen LogP contribution in [0.25, 0.3) is 121 Å². The zero-order valence-electron chi connectivity index (χ0n) is 35.1. The summed E-state index contributed by atoms with van der Waals surface area (Å²) in [5.41, 5.74) is 13.4. The van der Waals surface area contributed by atoms with Crippen LogP contribution in [0.3, 0.4) is 0 Å². The first-order valence-corrected chi connectivity index (χ1v) is 21.7. The quantitative estimate of drug-likeness (QED) is 0.119. The van der Waals surface area contributed by atoms with E-state index in [4.69, 9.17) is 21.5 Å². The molecule has 0 bridgehead atoms. The van der Waals surface area contributed by atoms with E-state index in [0.29, 0.717) is 23.2 Å². The molecule has 0 atom stereocenters. The zero-order chi connectivity index (χ0) is 43.3. The summed E-state index contributed by atoms with van der Waals surface area (Å²) in [6.07, 6.45) is 0. The number of benzene rings is 10. The van der Waals surface area contributed by atoms with E-state index >= 15 is 0 Å². The molecule has 0 amide bonds. The fourth-order valence-electron chi connectivity index (χ4n) is 9.40. The van der Waals surface area contributed by atoms with E-state index in [1.54, 1.807) is 0 Å². The van der Waals surface area contributed by atoms with Gasteiger partial charge in [0, 0.05) is 27.8 Å². The van der Waals surface area contributed by atoms with Crippen molar-refractivity contribution in [1.29, 1.82) is 0 Å². The number of para-hydroxylation sites is 1. The summed E-state index contributed by atoms with van der Waals surface area (Å²) >= 11 is 0. The Morgan fingerprint density at radius 3 is 1.20 bits per heavy atom. The molecule has 10 aromatic carbocycles. The van der Waals surface area contributed by atoms with E-state index in [1.165, 1.54) is 0 Å². The maximum Gasteiger partial charge on any atom is 0.188 e. The predicted molar refractivity (Wildman–Crippen MR) is 268 cm³/mol. The Kier molecular flexibility index (Phi) is 9.14. The van der Waals surface area contributed by atoms with Crippen LogP contribution in [0, 0.1) is 6.57 Å². The summed E-state index contributed by atoms with van der Waals surface area (Å²) in [7, 11) is 0. The topological polar surface area (TPSA) is 48.0 Å². The Labute approximate surface area is 376 Å². The molecule has 2 aromatic heterocycles. The van der Waals surface area contributed by atoms with Crippen LogP contribution >= 0.6 is 0 Å². The molecule has 5 heteroatoms. The first kappa shape index (κ1) is 37.8. The van der Waals surface area contributed by atoms with E-state index in [1.807, 2.05) is 30.3 Å². The summed E-state index contributed by atoms with van der Waals surface area (Å²) in [6.45, 7) is 7.86. The van der Waals surface area contributed by atoms with Crippen LogP contribution in [-0.4, -0.2) is 19.5 Å². The fraction of sp³-hybridized carbons (Fsp3) is 0. The van der Waals surface area contributed by atoms with E-state index in [-0.39, 0.29) is 0 Å². The first-order valence-electron chi connectivity index (χ1n) is 21.7. The molecule has 0 aliphatic rings. The first-order chi connectivity index (χ1) is 32.2. The van der Waals surface area contributed by atoms with Crippen molar-refractivity contribution in [1.82, 2.24) is 19.5 Å². The van der Waals surface area contributed by atoms with Crippen LogP contribution in [0.15, 0.2) is 224 Å². The Hall–Kier alpha value is -8.98. The number of aromatic nitrogens is 4. The molecule has 0 N–H and O–H groups in total. The maximum atomic E-state index is 7.86. The number of rotatable bonds is 7. The van der Waals surface area contributed by atoms with Crippen LogP contribution in [0.5, 0.6) is 0 Å². The van der Waals surface area contributed by atoms with E-state index in [0.717, 1.165) is 99.1 Å². The second-order valence-corrected chi connectivity index (χ2v) is 16.3. The third-order valence-corrected chi connectivity index (χ3v) is 12.5. The van der Waals surface area contributed by atoms with Crippen molar-refractivity contribution in [3.63, 3.8) is 0 Å². The lowest BCUT2D eigenvalue weighted by molar-refractivity contribution is 1.08. The molecule has 5 nitrogen and oxygen atoms in total. The van der Waals surface area contributed by atoms with Crippen molar-refractivity contribution < 1.29 is 0 Å². The highest BCUT2D eigenvalue weighted by molar-refractivity contribution is 6.22. The van der Waals surface area contributed by atoms with Gasteiger partial charge in [0.2, 0.25) is 0 Å². The fourth-order valence-corrected chi connectivity index (χ4v) is 9.40. The van der Waals surface area contributed by atoms with Crippen molar-refractivity contribution >= 4 is 49.0 Å². The molecular formula is C60H37N5. The number of hydrogen-bond acceptors (Lipinski definition) is 3. The summed E-state index contributed by atoms with van der Waals surface area (Å²) in [5.74, 6) is 1.82. The molecule has 2 heterocycles. The van der Waals surface area contributed by atoms with Gasteiger partial charge in [0.25, 0.3) is 0 Å². The summed E-state index contributed by atoms with van der Waals surface area (Å²) in [5, 5.41) is 6.42. The van der Waals surface area contributed by atoms with Gasteiger partial charge >= 0.3 is 0 Å². The zero-order valence-corrected chi connectivity index (χ0v) is 35.1. The minimum absolute atomic E-state index is 0.605. The molecule has 0 aliphatic heterocycles. The van der Waals surface area contributed by atoms with Gasteiger partial charge in [-0.2, -0.15) is 0 Å². The average Bonchev–Trinajstić information content (AvgIpc) is 3.71. The lowest BCUT2D eigenvalue weighted by Gasteiger charge is -2.18. The summed E-state index contributed by atoms with van der Waals surface area (Å²) in [6, 6.07) is 78.2. The minimum atomic E-state index is 0.605. The average molecular weight is 828 g/mol. The standard InChI is InChI=1S/C60H37N5/c1-61-46-34-36-55-53(38-46)52-37-45(33-35-54(52)65(55)47-19-9-4-10-20-47)56-48-21-11-13-23-50(48)57(51-24-14-12-22-49(51)56)60-63-58(43-29-25-41(26-30-43)39-15-5-2-6-16-39)62-59(64-60)44-31-27-42(28-32-44)40-17-7-3-8-18-40/h2-38H. The van der Waals surface area contributed by atoms with Crippen molar-refractivity contribution in [2.24, 2.45) is 0 Å². The molecule has 0 aliphatic carbocycles. The smallest absolute Gasteiger partial charge is 0.188 e. The van der Waals surface area contributed by atoms with Gasteiger partial charge in [-0.25, -0.2) is 19.8 Å². The van der Waals surface area contributed by atoms with Crippen molar-refractivity contribution in [2.45, 2.75) is 0 Å². The molecule has 0 unspecified atom stereocenters. The molecule has 65 heavy (non-hydrogen) atoms. The number of hydrogen-bond donors (Lipinski definition) is 0. The Bertz CT molecular complexity index is 3640. The molecule has 0 radical (unpaired) electrons. The molecule has 302 valence electrons. The second kappa shape index (κ2) is 15.7. The van der Waals surface area contributed by atoms with Crippen LogP contribution in [0.4, 0.5) is 5.69 Å². The molecule has 0 spiro atoms. The Morgan fingerprint density at radius 2 is 0.692 bits per heavy atom. The maximum absolute atomic E-state index is 7.86. The third-order valence-electron chi connectivity index (χ3n) is 12.5. The third kappa shape index (κ3) is 6.61. The monoisotopic (exact) mass is 827 g/mol. The molecule has 0 saturated carbocycles. The van der Waals surface area contributed by atoms with Gasteiger partial charge in [-0.15, -0.1) is 0 Å². The van der Waals surface area contributed by atoms with Gasteiger partial charge in [-0.3, -0.25) is 0 Å². The SMILES string of the molecule is [C-]#[N+]c1ccc2c(c1)c1cc(-c3c4ccccc4c(-c4nc(-c5ccc(-c6ccccc6)cc5)nc(-c5ccc(-c6ccccc6)cc5)n4)c4ccccc34)ccc1n2-c1ccccc1. The normalized spacial score (nSPS) is 11.4. The van der Waals surface area contributed by atoms with Gasteiger partial charge in [0.15, 0.2) is 23.2 Å². The highest BCUT2D eigenvalue weighted by atomic mass is 15.0. The van der Waals surface area contributed by atoms with Gasteiger partial charge in [0.1, 0.15) is 0 Å². The van der Waals surface area contributed by atoms with Gasteiger partial charge in [0.05, 0.1) is 17.6 Å². The summed E-state index contributed by atoms with van der Waals surface area (Å²) < 4.78 is 2.29. The van der Waals surface area contributed by atoms with Crippen LogP contribution in [0.2, 0.25) is 0 Å². The molecule has 0 saturated heterocycles. The van der Waals surface area contributed by atoms with Crippen molar-refractivity contribution in [3.05, 3.63) is 236 Å². The van der Waals surface area contributed by atoms with Gasteiger partial charge in [-0.1, -0.05) is 188 Å². The van der Waals surface area contributed by atoms with Crippen LogP contribution < -0.4 is 0 Å². The van der Waals surface area contributed by atoms with Gasteiger partial charge < -0.3 is 4.57 Å². The van der Waals surface area contributed by atoms with Crippen molar-refractivity contribution in [3.8, 4) is 73.2 Å². The van der Waals surface area contributed by atoms with E-state index < -0.39 is 0 Å². The molecule has 12 rings (SSSR count). The Morgan fingerprint density at radius 1 is 0.308 bits per heavy atom. The molecule has 0 fully saturated rings. The number of fused-ring (bicyclic) bond motifs is 5. The van der Waals surface area contributed by atoms with E-state index in [9.17, 15) is 0 Å². The molecule has 12 aromatic rings. The van der Waals surface area contributed by atoms with Crippen molar-refractivity contribution in [2.75, 3.05) is 0 Å². The van der Waals surface area contributed by atoms with Gasteiger partial charge in [-0.05, 0) is 96.7 Å². The number of nitrogens with zero attached hydrogens (tertiary/aromatic N) is 5. The van der Waals surface area contributed by atoms with Crippen LogP contribution in [0.1, 0.15) is 0 Å². The highest BCUT2D eigenvalue weighted by Gasteiger charge is 2.22. The van der Waals surface area contributed by atoms with Crippen LogP contribution in [-0.2, 0) is 0 Å². The predicted octanol–water partition coefficient (Wildman–Crippen LogP) is 15.8. The minimum Gasteiger partial charge on any atom is -0.309 e. The largest absolute Gasteiger partial charge is 0.309 e. The second-order valence-electron chi connectivity index (χ2n) is 16.3. The Balaban J connectivity index is 1.08. The summed E-state index contributed by atoms with van der Waals surface area (Å²) in [4.78, 5) is 19.7. The lowest BCUT2D eigenvalue weighted by Crippen LogP contribution is -2.01. The van der Waals surface area contributed by atoms with E-state index in [2.05, 4.69) is 204 Å².